The van der Waals surface area contributed by atoms with Crippen LogP contribution in [0.3, 0.4) is 0 Å². The van der Waals surface area contributed by atoms with Crippen molar-refractivity contribution in [2.24, 2.45) is 0 Å². The molecule has 3 heteroatoms. The molecule has 0 radical (unpaired) electrons. The molecular weight excluding hydrogens is 220 g/mol. The topological polar surface area (TPSA) is 34.1 Å². The first-order valence-corrected chi connectivity index (χ1v) is 7.42. The van der Waals surface area contributed by atoms with Crippen molar-refractivity contribution in [2.45, 2.75) is 44.9 Å². The molecule has 0 bridgehead atoms. The monoisotopic (exact) mass is 240 g/mol. The van der Waals surface area contributed by atoms with Gasteiger partial charge in [-0.15, -0.1) is 0 Å². The highest BCUT2D eigenvalue weighted by molar-refractivity contribution is 7.91. The summed E-state index contributed by atoms with van der Waals surface area (Å²) in [6, 6.07) is 5.70. The van der Waals surface area contributed by atoms with Crippen LogP contribution < -0.4 is 0 Å². The van der Waals surface area contributed by atoms with Crippen LogP contribution in [-0.2, 0) is 16.3 Å². The van der Waals surface area contributed by atoms with E-state index < -0.39 is 9.84 Å². The number of hydrogen-bond donors (Lipinski definition) is 0. The van der Waals surface area contributed by atoms with E-state index in [1.165, 1.54) is 0 Å². The van der Waals surface area contributed by atoms with Crippen LogP contribution in [0.1, 0.15) is 44.7 Å². The molecule has 0 aromatic heterocycles. The molecule has 0 fully saturated rings. The Bertz CT molecular complexity index is 459. The maximum absolute atomic E-state index is 11.8. The lowest BCUT2D eigenvalue weighted by Crippen LogP contribution is -2.05. The van der Waals surface area contributed by atoms with E-state index in [1.54, 1.807) is 13.0 Å². The van der Waals surface area contributed by atoms with Gasteiger partial charge in [0.15, 0.2) is 9.84 Å². The Labute approximate surface area is 98.6 Å². The zero-order valence-corrected chi connectivity index (χ0v) is 11.3. The molecule has 1 aromatic carbocycles. The second-order valence-electron chi connectivity index (χ2n) is 4.32. The van der Waals surface area contributed by atoms with E-state index >= 15 is 0 Å². The van der Waals surface area contributed by atoms with Gasteiger partial charge in [-0.1, -0.05) is 33.8 Å². The van der Waals surface area contributed by atoms with Crippen molar-refractivity contribution < 1.29 is 8.42 Å². The van der Waals surface area contributed by atoms with Gasteiger partial charge in [-0.05, 0) is 35.6 Å². The molecule has 90 valence electrons. The van der Waals surface area contributed by atoms with Gasteiger partial charge < -0.3 is 0 Å². The summed E-state index contributed by atoms with van der Waals surface area (Å²) in [5, 5.41) is 0. The third-order valence-corrected chi connectivity index (χ3v) is 4.52. The van der Waals surface area contributed by atoms with E-state index in [-0.39, 0.29) is 5.75 Å². The Balaban J connectivity index is 3.36. The predicted molar refractivity (Wildman–Crippen MR) is 67.6 cm³/mol. The second-order valence-corrected chi connectivity index (χ2v) is 6.60. The van der Waals surface area contributed by atoms with Crippen LogP contribution in [0.4, 0.5) is 0 Å². The predicted octanol–water partition coefficient (Wildman–Crippen LogP) is 3.17. The summed E-state index contributed by atoms with van der Waals surface area (Å²) < 4.78 is 23.7. The molecule has 0 unspecified atom stereocenters. The van der Waals surface area contributed by atoms with Crippen molar-refractivity contribution in [1.29, 1.82) is 0 Å². The largest absolute Gasteiger partial charge is 0.224 e. The van der Waals surface area contributed by atoms with E-state index in [0.717, 1.165) is 17.5 Å². The first-order chi connectivity index (χ1) is 7.40. The van der Waals surface area contributed by atoms with Crippen molar-refractivity contribution in [1.82, 2.24) is 0 Å². The van der Waals surface area contributed by atoms with Crippen LogP contribution in [0.25, 0.3) is 0 Å². The fourth-order valence-electron chi connectivity index (χ4n) is 1.57. The molecule has 0 N–H and O–H groups in total. The second kappa shape index (κ2) is 5.00. The van der Waals surface area contributed by atoms with Gasteiger partial charge in [-0.2, -0.15) is 0 Å². The molecule has 0 aliphatic carbocycles. The molecule has 0 amide bonds. The number of aryl methyl sites for hydroxylation is 1. The van der Waals surface area contributed by atoms with Crippen LogP contribution in [0, 0.1) is 0 Å². The molecule has 2 nitrogen and oxygen atoms in total. The standard InChI is InChI=1S/C13H20O2S/c1-5-11-7-12(10(3)4)9-13(8-11)16(14,15)6-2/h7-10H,5-6H2,1-4H3. The van der Waals surface area contributed by atoms with Crippen molar-refractivity contribution in [2.75, 3.05) is 5.75 Å². The first-order valence-electron chi connectivity index (χ1n) is 5.77. The van der Waals surface area contributed by atoms with Crippen LogP contribution >= 0.6 is 0 Å². The van der Waals surface area contributed by atoms with Gasteiger partial charge in [0.2, 0.25) is 0 Å². The quantitative estimate of drug-likeness (QED) is 0.810. The van der Waals surface area contributed by atoms with Gasteiger partial charge in [0, 0.05) is 0 Å². The van der Waals surface area contributed by atoms with Crippen LogP contribution in [0.2, 0.25) is 0 Å². The van der Waals surface area contributed by atoms with Gasteiger partial charge in [0.1, 0.15) is 0 Å². The summed E-state index contributed by atoms with van der Waals surface area (Å²) in [4.78, 5) is 0.470. The Morgan fingerprint density at radius 3 is 2.19 bits per heavy atom. The first kappa shape index (κ1) is 13.2. The minimum Gasteiger partial charge on any atom is -0.224 e. The van der Waals surface area contributed by atoms with E-state index in [2.05, 4.69) is 19.9 Å². The minimum absolute atomic E-state index is 0.164. The molecule has 0 atom stereocenters. The van der Waals surface area contributed by atoms with Gasteiger partial charge in [-0.25, -0.2) is 8.42 Å². The molecule has 0 aliphatic rings. The molecule has 1 rings (SSSR count). The minimum atomic E-state index is -3.09. The molecule has 1 aromatic rings. The average molecular weight is 240 g/mol. The molecule has 16 heavy (non-hydrogen) atoms. The van der Waals surface area contributed by atoms with Gasteiger partial charge in [0.25, 0.3) is 0 Å². The van der Waals surface area contributed by atoms with Gasteiger partial charge in [-0.3, -0.25) is 0 Å². The Morgan fingerprint density at radius 1 is 1.12 bits per heavy atom. The van der Waals surface area contributed by atoms with Crippen molar-refractivity contribution in [3.8, 4) is 0 Å². The zero-order valence-electron chi connectivity index (χ0n) is 10.4. The smallest absolute Gasteiger partial charge is 0.178 e. The summed E-state index contributed by atoms with van der Waals surface area (Å²) in [5.41, 5.74) is 2.20. The normalized spacial score (nSPS) is 12.1. The molecular formula is C13H20O2S. The van der Waals surface area contributed by atoms with E-state index in [1.807, 2.05) is 13.0 Å². The summed E-state index contributed by atoms with van der Waals surface area (Å²) >= 11 is 0. The van der Waals surface area contributed by atoms with Crippen LogP contribution in [-0.4, -0.2) is 14.2 Å². The van der Waals surface area contributed by atoms with Crippen LogP contribution in [0.15, 0.2) is 23.1 Å². The highest BCUT2D eigenvalue weighted by Crippen LogP contribution is 2.22. The molecule has 0 saturated heterocycles. The highest BCUT2D eigenvalue weighted by atomic mass is 32.2. The fourth-order valence-corrected chi connectivity index (χ4v) is 2.55. The summed E-state index contributed by atoms with van der Waals surface area (Å²) in [7, 11) is -3.09. The van der Waals surface area contributed by atoms with Crippen molar-refractivity contribution in [3.05, 3.63) is 29.3 Å². The molecule has 0 heterocycles. The Kier molecular flexibility index (Phi) is 4.14. The van der Waals surface area contributed by atoms with Gasteiger partial charge >= 0.3 is 0 Å². The van der Waals surface area contributed by atoms with Crippen LogP contribution in [0.5, 0.6) is 0 Å². The lowest BCUT2D eigenvalue weighted by atomic mass is 10.00. The third-order valence-electron chi connectivity index (χ3n) is 2.80. The van der Waals surface area contributed by atoms with Crippen molar-refractivity contribution in [3.63, 3.8) is 0 Å². The lowest BCUT2D eigenvalue weighted by Gasteiger charge is -2.11. The van der Waals surface area contributed by atoms with E-state index in [9.17, 15) is 8.42 Å². The summed E-state index contributed by atoms with van der Waals surface area (Å²) in [6.45, 7) is 7.89. The Hall–Kier alpha value is -0.830. The lowest BCUT2D eigenvalue weighted by molar-refractivity contribution is 0.597. The number of sulfone groups is 1. The molecule has 0 saturated carbocycles. The maximum Gasteiger partial charge on any atom is 0.178 e. The average Bonchev–Trinajstić information content (AvgIpc) is 2.28. The Morgan fingerprint density at radius 2 is 1.75 bits per heavy atom. The SMILES string of the molecule is CCc1cc(C(C)C)cc(S(=O)(=O)CC)c1. The summed E-state index contributed by atoms with van der Waals surface area (Å²) in [5.74, 6) is 0.523. The van der Waals surface area contributed by atoms with E-state index in [0.29, 0.717) is 10.8 Å². The van der Waals surface area contributed by atoms with E-state index in [4.69, 9.17) is 0 Å². The summed E-state index contributed by atoms with van der Waals surface area (Å²) in [6.07, 6.45) is 0.868. The maximum atomic E-state index is 11.8. The number of rotatable bonds is 4. The van der Waals surface area contributed by atoms with Gasteiger partial charge in [0.05, 0.1) is 10.6 Å². The molecule has 0 aliphatic heterocycles. The van der Waals surface area contributed by atoms with Crippen molar-refractivity contribution >= 4 is 9.84 Å². The zero-order chi connectivity index (χ0) is 12.3. The fraction of sp³-hybridized carbons (Fsp3) is 0.538. The third kappa shape index (κ3) is 2.85. The molecule has 0 spiro atoms. The highest BCUT2D eigenvalue weighted by Gasteiger charge is 2.14. The number of benzene rings is 1. The number of hydrogen-bond acceptors (Lipinski definition) is 2.